The number of hydrogen-bond donors (Lipinski definition) is 1. The number of carbonyl (C=O) groups is 1. The summed E-state index contributed by atoms with van der Waals surface area (Å²) in [4.78, 5) is 15.9. The van der Waals surface area contributed by atoms with E-state index in [2.05, 4.69) is 10.1 Å². The molecule has 0 atom stereocenters. The minimum atomic E-state index is -0.931. The molecule has 0 unspecified atom stereocenters. The molecule has 1 N–H and O–H groups in total. The molecule has 0 aliphatic heterocycles. The number of carboxylic acid groups (broad SMARTS) is 1. The SMILES string of the molecule is CC=CCc1nc(OCC)nn1Cc1ccc(-c2ccccc2C(=O)O)cc1. The number of hydrogen-bond acceptors (Lipinski definition) is 4. The van der Waals surface area contributed by atoms with Gasteiger partial charge < -0.3 is 9.84 Å². The molecular formula is C22H23N3O3. The molecule has 144 valence electrons. The van der Waals surface area contributed by atoms with E-state index < -0.39 is 5.97 Å². The van der Waals surface area contributed by atoms with E-state index in [1.807, 2.05) is 67.1 Å². The van der Waals surface area contributed by atoms with Gasteiger partial charge in [-0.25, -0.2) is 9.48 Å². The first kappa shape index (κ1) is 19.4. The summed E-state index contributed by atoms with van der Waals surface area (Å²) in [5.74, 6) is -0.0961. The van der Waals surface area contributed by atoms with Crippen molar-refractivity contribution in [1.82, 2.24) is 14.8 Å². The van der Waals surface area contributed by atoms with E-state index in [0.29, 0.717) is 36.7 Å². The third kappa shape index (κ3) is 4.46. The molecule has 1 heterocycles. The van der Waals surface area contributed by atoms with Crippen LogP contribution in [0.25, 0.3) is 11.1 Å². The molecule has 0 bridgehead atoms. The molecule has 3 rings (SSSR count). The third-order valence-corrected chi connectivity index (χ3v) is 4.29. The fourth-order valence-electron chi connectivity index (χ4n) is 2.93. The summed E-state index contributed by atoms with van der Waals surface area (Å²) in [6.07, 6.45) is 4.69. The maximum Gasteiger partial charge on any atom is 0.336 e. The molecule has 28 heavy (non-hydrogen) atoms. The lowest BCUT2D eigenvalue weighted by molar-refractivity contribution is 0.0697. The number of aromatic nitrogens is 3. The zero-order valence-electron chi connectivity index (χ0n) is 16.0. The number of ether oxygens (including phenoxy) is 1. The number of aromatic carboxylic acids is 1. The van der Waals surface area contributed by atoms with Crippen LogP contribution in [0.1, 0.15) is 35.6 Å². The topological polar surface area (TPSA) is 77.2 Å². The normalized spacial score (nSPS) is 11.1. The van der Waals surface area contributed by atoms with Crippen molar-refractivity contribution in [3.05, 3.63) is 77.6 Å². The Morgan fingerprint density at radius 3 is 2.61 bits per heavy atom. The molecular weight excluding hydrogens is 354 g/mol. The van der Waals surface area contributed by atoms with Gasteiger partial charge in [-0.1, -0.05) is 54.6 Å². The fraction of sp³-hybridized carbons (Fsp3) is 0.227. The number of carboxylic acids is 1. The molecule has 0 saturated heterocycles. The van der Waals surface area contributed by atoms with Gasteiger partial charge in [0.1, 0.15) is 5.82 Å². The second-order valence-corrected chi connectivity index (χ2v) is 6.22. The van der Waals surface area contributed by atoms with Crippen LogP contribution in [0.3, 0.4) is 0 Å². The highest BCUT2D eigenvalue weighted by molar-refractivity contribution is 5.95. The Labute approximate surface area is 164 Å². The third-order valence-electron chi connectivity index (χ3n) is 4.29. The van der Waals surface area contributed by atoms with Crippen LogP contribution in [0.15, 0.2) is 60.7 Å². The summed E-state index contributed by atoms with van der Waals surface area (Å²) in [7, 11) is 0. The van der Waals surface area contributed by atoms with Crippen molar-refractivity contribution >= 4 is 5.97 Å². The fourth-order valence-corrected chi connectivity index (χ4v) is 2.93. The van der Waals surface area contributed by atoms with E-state index in [4.69, 9.17) is 4.74 Å². The van der Waals surface area contributed by atoms with Gasteiger partial charge in [0.05, 0.1) is 18.7 Å². The van der Waals surface area contributed by atoms with E-state index in [0.717, 1.165) is 17.0 Å². The molecule has 0 aliphatic rings. The maximum absolute atomic E-state index is 11.4. The molecule has 0 radical (unpaired) electrons. The molecule has 6 nitrogen and oxygen atoms in total. The summed E-state index contributed by atoms with van der Waals surface area (Å²) < 4.78 is 7.27. The second-order valence-electron chi connectivity index (χ2n) is 6.22. The van der Waals surface area contributed by atoms with Crippen LogP contribution in [-0.4, -0.2) is 32.4 Å². The molecule has 1 aromatic heterocycles. The number of benzene rings is 2. The lowest BCUT2D eigenvalue weighted by Gasteiger charge is -2.08. The number of rotatable bonds is 8. The van der Waals surface area contributed by atoms with Crippen LogP contribution in [0.5, 0.6) is 6.01 Å². The second kappa shape index (κ2) is 8.99. The molecule has 0 saturated carbocycles. The van der Waals surface area contributed by atoms with Crippen molar-refractivity contribution in [2.24, 2.45) is 0 Å². The van der Waals surface area contributed by atoms with Gasteiger partial charge in [0.2, 0.25) is 0 Å². The Morgan fingerprint density at radius 1 is 1.18 bits per heavy atom. The summed E-state index contributed by atoms with van der Waals surface area (Å²) in [6, 6.07) is 15.2. The van der Waals surface area contributed by atoms with Gasteiger partial charge in [-0.3, -0.25) is 0 Å². The Morgan fingerprint density at radius 2 is 1.93 bits per heavy atom. The van der Waals surface area contributed by atoms with Crippen LogP contribution in [0, 0.1) is 0 Å². The van der Waals surface area contributed by atoms with Gasteiger partial charge in [-0.05, 0) is 36.6 Å². The predicted octanol–water partition coefficient (Wildman–Crippen LogP) is 4.21. The first-order chi connectivity index (χ1) is 13.6. The minimum Gasteiger partial charge on any atom is -0.478 e. The lowest BCUT2D eigenvalue weighted by Crippen LogP contribution is -2.06. The van der Waals surface area contributed by atoms with Crippen LogP contribution in [0.2, 0.25) is 0 Å². The van der Waals surface area contributed by atoms with Crippen molar-refractivity contribution in [1.29, 1.82) is 0 Å². The largest absolute Gasteiger partial charge is 0.478 e. The first-order valence-corrected chi connectivity index (χ1v) is 9.21. The van der Waals surface area contributed by atoms with Crippen LogP contribution in [-0.2, 0) is 13.0 Å². The van der Waals surface area contributed by atoms with Crippen molar-refractivity contribution < 1.29 is 14.6 Å². The highest BCUT2D eigenvalue weighted by Gasteiger charge is 2.12. The van der Waals surface area contributed by atoms with E-state index in [-0.39, 0.29) is 0 Å². The van der Waals surface area contributed by atoms with E-state index in [1.165, 1.54) is 0 Å². The maximum atomic E-state index is 11.4. The van der Waals surface area contributed by atoms with Gasteiger partial charge in [0.25, 0.3) is 0 Å². The van der Waals surface area contributed by atoms with Crippen molar-refractivity contribution in [3.63, 3.8) is 0 Å². The predicted molar refractivity (Wildman–Crippen MR) is 108 cm³/mol. The molecule has 0 fully saturated rings. The van der Waals surface area contributed by atoms with Gasteiger partial charge in [0.15, 0.2) is 0 Å². The molecule has 0 aliphatic carbocycles. The molecule has 3 aromatic rings. The first-order valence-electron chi connectivity index (χ1n) is 9.21. The van der Waals surface area contributed by atoms with Gasteiger partial charge in [0, 0.05) is 6.42 Å². The summed E-state index contributed by atoms with van der Waals surface area (Å²) in [6.45, 7) is 4.95. The highest BCUT2D eigenvalue weighted by Crippen LogP contribution is 2.24. The van der Waals surface area contributed by atoms with E-state index in [9.17, 15) is 9.90 Å². The Kier molecular flexibility index (Phi) is 6.22. The average molecular weight is 377 g/mol. The smallest absolute Gasteiger partial charge is 0.336 e. The Balaban J connectivity index is 1.84. The van der Waals surface area contributed by atoms with Gasteiger partial charge in [-0.15, -0.1) is 5.10 Å². The zero-order valence-corrected chi connectivity index (χ0v) is 16.0. The van der Waals surface area contributed by atoms with Crippen LogP contribution < -0.4 is 4.74 Å². The summed E-state index contributed by atoms with van der Waals surface area (Å²) >= 11 is 0. The van der Waals surface area contributed by atoms with Gasteiger partial charge >= 0.3 is 12.0 Å². The Hall–Kier alpha value is -3.41. The summed E-state index contributed by atoms with van der Waals surface area (Å²) in [5.41, 5.74) is 2.91. The number of allylic oxidation sites excluding steroid dienone is 2. The molecule has 6 heteroatoms. The summed E-state index contributed by atoms with van der Waals surface area (Å²) in [5, 5.41) is 13.8. The Bertz CT molecular complexity index is 975. The van der Waals surface area contributed by atoms with Crippen LogP contribution >= 0.6 is 0 Å². The van der Waals surface area contributed by atoms with Crippen molar-refractivity contribution in [3.8, 4) is 17.1 Å². The van der Waals surface area contributed by atoms with Crippen molar-refractivity contribution in [2.45, 2.75) is 26.8 Å². The van der Waals surface area contributed by atoms with E-state index >= 15 is 0 Å². The average Bonchev–Trinajstić information content (AvgIpc) is 3.08. The molecule has 0 spiro atoms. The minimum absolute atomic E-state index is 0.293. The standard InChI is InChI=1S/C22H23N3O3/c1-3-5-10-20-23-22(28-4-2)24-25(20)15-16-11-13-17(14-12-16)18-8-6-7-9-19(18)21(26)27/h3,5-9,11-14H,4,10,15H2,1-2H3,(H,26,27). The highest BCUT2D eigenvalue weighted by atomic mass is 16.5. The monoisotopic (exact) mass is 377 g/mol. The van der Waals surface area contributed by atoms with E-state index in [1.54, 1.807) is 12.1 Å². The van der Waals surface area contributed by atoms with Gasteiger partial charge in [-0.2, -0.15) is 4.98 Å². The molecule has 0 amide bonds. The van der Waals surface area contributed by atoms with Crippen LogP contribution in [0.4, 0.5) is 0 Å². The lowest BCUT2D eigenvalue weighted by atomic mass is 9.99. The number of nitrogens with zero attached hydrogens (tertiary/aromatic N) is 3. The zero-order chi connectivity index (χ0) is 19.9. The quantitative estimate of drug-likeness (QED) is 0.595. The van der Waals surface area contributed by atoms with Crippen molar-refractivity contribution in [2.75, 3.05) is 6.61 Å². The molecule has 2 aromatic carbocycles.